The first-order valence-corrected chi connectivity index (χ1v) is 6.68. The van der Waals surface area contributed by atoms with Crippen LogP contribution in [0.2, 0.25) is 0 Å². The lowest BCUT2D eigenvalue weighted by Gasteiger charge is -2.20. The summed E-state index contributed by atoms with van der Waals surface area (Å²) in [7, 11) is 1.91. The van der Waals surface area contributed by atoms with Gasteiger partial charge in [-0.25, -0.2) is 4.39 Å². The molecule has 0 amide bonds. The fraction of sp³-hybridized carbons (Fsp3) is 0.294. The average molecular weight is 257 g/mol. The van der Waals surface area contributed by atoms with Crippen LogP contribution < -0.4 is 5.32 Å². The van der Waals surface area contributed by atoms with Crippen molar-refractivity contribution in [3.63, 3.8) is 0 Å². The molecule has 0 aliphatic rings. The smallest absolute Gasteiger partial charge is 0.126 e. The lowest BCUT2D eigenvalue weighted by molar-refractivity contribution is 0.607. The van der Waals surface area contributed by atoms with E-state index < -0.39 is 0 Å². The van der Waals surface area contributed by atoms with Crippen molar-refractivity contribution in [2.75, 3.05) is 7.05 Å². The van der Waals surface area contributed by atoms with Crippen molar-refractivity contribution >= 4 is 0 Å². The molecular formula is C17H20FN. The Morgan fingerprint density at radius 1 is 1.16 bits per heavy atom. The average Bonchev–Trinajstić information content (AvgIpc) is 2.44. The van der Waals surface area contributed by atoms with E-state index in [0.717, 1.165) is 12.0 Å². The van der Waals surface area contributed by atoms with Crippen molar-refractivity contribution in [3.8, 4) is 0 Å². The Bertz CT molecular complexity index is 563. The van der Waals surface area contributed by atoms with Crippen LogP contribution in [-0.2, 0) is 6.42 Å². The van der Waals surface area contributed by atoms with Gasteiger partial charge in [-0.1, -0.05) is 43.3 Å². The van der Waals surface area contributed by atoms with Crippen molar-refractivity contribution in [3.05, 3.63) is 70.5 Å². The van der Waals surface area contributed by atoms with Crippen molar-refractivity contribution in [2.24, 2.45) is 0 Å². The maximum atomic E-state index is 13.7. The van der Waals surface area contributed by atoms with Gasteiger partial charge in [-0.15, -0.1) is 0 Å². The van der Waals surface area contributed by atoms with Crippen LogP contribution in [0, 0.1) is 12.7 Å². The van der Waals surface area contributed by atoms with Gasteiger partial charge < -0.3 is 5.32 Å². The third-order valence-corrected chi connectivity index (χ3v) is 3.56. The first-order chi connectivity index (χ1) is 9.17. The van der Waals surface area contributed by atoms with E-state index in [4.69, 9.17) is 0 Å². The third kappa shape index (κ3) is 2.85. The normalized spacial score (nSPS) is 12.4. The second kappa shape index (κ2) is 5.98. The first kappa shape index (κ1) is 13.8. The summed E-state index contributed by atoms with van der Waals surface area (Å²) in [5.74, 6) is -0.147. The summed E-state index contributed by atoms with van der Waals surface area (Å²) >= 11 is 0. The molecule has 2 heteroatoms. The maximum absolute atomic E-state index is 13.7. The molecule has 1 nitrogen and oxygen atoms in total. The second-order valence-corrected chi connectivity index (χ2v) is 4.78. The van der Waals surface area contributed by atoms with Crippen LogP contribution in [0.5, 0.6) is 0 Å². The second-order valence-electron chi connectivity index (χ2n) is 4.78. The van der Waals surface area contributed by atoms with E-state index in [2.05, 4.69) is 24.4 Å². The van der Waals surface area contributed by atoms with Crippen molar-refractivity contribution in [1.82, 2.24) is 5.32 Å². The number of nitrogens with one attached hydrogen (secondary N) is 1. The molecule has 0 saturated carbocycles. The zero-order chi connectivity index (χ0) is 13.8. The number of benzene rings is 2. The predicted molar refractivity (Wildman–Crippen MR) is 77.9 cm³/mol. The van der Waals surface area contributed by atoms with Gasteiger partial charge in [0.15, 0.2) is 0 Å². The fourth-order valence-electron chi connectivity index (χ4n) is 2.43. The van der Waals surface area contributed by atoms with Gasteiger partial charge in [-0.3, -0.25) is 0 Å². The molecule has 0 aromatic heterocycles. The van der Waals surface area contributed by atoms with Gasteiger partial charge in [0.1, 0.15) is 5.82 Å². The van der Waals surface area contributed by atoms with Crippen LogP contribution in [0.1, 0.15) is 35.2 Å². The maximum Gasteiger partial charge on any atom is 0.126 e. The van der Waals surface area contributed by atoms with Gasteiger partial charge in [0.2, 0.25) is 0 Å². The molecule has 0 radical (unpaired) electrons. The lowest BCUT2D eigenvalue weighted by Crippen LogP contribution is -2.19. The van der Waals surface area contributed by atoms with Crippen LogP contribution in [-0.4, -0.2) is 7.05 Å². The summed E-state index contributed by atoms with van der Waals surface area (Å²) in [5, 5.41) is 3.29. The molecule has 0 spiro atoms. The summed E-state index contributed by atoms with van der Waals surface area (Å²) in [6.45, 7) is 3.93. The molecule has 0 bridgehead atoms. The standard InChI is InChI=1S/C17H20FN/c1-4-13-7-5-6-8-15(13)17(19-3)14-10-9-12(2)16(18)11-14/h5-11,17,19H,4H2,1-3H3. The first-order valence-electron chi connectivity index (χ1n) is 6.68. The zero-order valence-electron chi connectivity index (χ0n) is 11.7. The van der Waals surface area contributed by atoms with Gasteiger partial charge >= 0.3 is 0 Å². The lowest BCUT2D eigenvalue weighted by atomic mass is 9.93. The SMILES string of the molecule is CCc1ccccc1C(NC)c1ccc(C)c(F)c1. The fourth-order valence-corrected chi connectivity index (χ4v) is 2.43. The molecule has 0 aliphatic carbocycles. The molecule has 0 saturated heterocycles. The van der Waals surface area contributed by atoms with Gasteiger partial charge in [0.05, 0.1) is 6.04 Å². The zero-order valence-corrected chi connectivity index (χ0v) is 11.7. The number of hydrogen-bond donors (Lipinski definition) is 1. The Balaban J connectivity index is 2.46. The summed E-state index contributed by atoms with van der Waals surface area (Å²) < 4.78 is 13.7. The minimum atomic E-state index is -0.147. The van der Waals surface area contributed by atoms with Gasteiger partial charge in [-0.05, 0) is 48.7 Å². The minimum Gasteiger partial charge on any atom is -0.309 e. The number of aryl methyl sites for hydroxylation is 2. The number of hydrogen-bond acceptors (Lipinski definition) is 1. The van der Waals surface area contributed by atoms with E-state index in [-0.39, 0.29) is 11.9 Å². The highest BCUT2D eigenvalue weighted by molar-refractivity contribution is 5.38. The molecular weight excluding hydrogens is 237 g/mol. The monoisotopic (exact) mass is 257 g/mol. The van der Waals surface area contributed by atoms with E-state index in [1.165, 1.54) is 11.1 Å². The van der Waals surface area contributed by atoms with Gasteiger partial charge in [-0.2, -0.15) is 0 Å². The molecule has 1 N–H and O–H groups in total. The minimum absolute atomic E-state index is 0.0336. The van der Waals surface area contributed by atoms with E-state index in [1.54, 1.807) is 13.0 Å². The van der Waals surface area contributed by atoms with Crippen molar-refractivity contribution in [1.29, 1.82) is 0 Å². The van der Waals surface area contributed by atoms with Crippen LogP contribution in [0.25, 0.3) is 0 Å². The third-order valence-electron chi connectivity index (χ3n) is 3.56. The van der Waals surface area contributed by atoms with Crippen LogP contribution in [0.15, 0.2) is 42.5 Å². The van der Waals surface area contributed by atoms with Gasteiger partial charge in [0, 0.05) is 0 Å². The Morgan fingerprint density at radius 2 is 1.89 bits per heavy atom. The van der Waals surface area contributed by atoms with Crippen LogP contribution in [0.3, 0.4) is 0 Å². The summed E-state index contributed by atoms with van der Waals surface area (Å²) in [5.41, 5.74) is 4.16. The van der Waals surface area contributed by atoms with Crippen LogP contribution in [0.4, 0.5) is 4.39 Å². The topological polar surface area (TPSA) is 12.0 Å². The summed E-state index contributed by atoms with van der Waals surface area (Å²) in [6, 6.07) is 13.8. The van der Waals surface area contributed by atoms with E-state index >= 15 is 0 Å². The predicted octanol–water partition coefficient (Wildman–Crippen LogP) is 4.01. The largest absolute Gasteiger partial charge is 0.309 e. The highest BCUT2D eigenvalue weighted by Crippen LogP contribution is 2.26. The number of halogens is 1. The van der Waals surface area contributed by atoms with Crippen molar-refractivity contribution in [2.45, 2.75) is 26.3 Å². The summed E-state index contributed by atoms with van der Waals surface area (Å²) in [6.07, 6.45) is 0.975. The molecule has 2 rings (SSSR count). The highest BCUT2D eigenvalue weighted by atomic mass is 19.1. The molecule has 2 aromatic rings. The molecule has 100 valence electrons. The summed E-state index contributed by atoms with van der Waals surface area (Å²) in [4.78, 5) is 0. The quantitative estimate of drug-likeness (QED) is 0.872. The van der Waals surface area contributed by atoms with Crippen LogP contribution >= 0.6 is 0 Å². The molecule has 0 heterocycles. The molecule has 0 aliphatic heterocycles. The van der Waals surface area contributed by atoms with E-state index in [1.807, 2.05) is 31.3 Å². The highest BCUT2D eigenvalue weighted by Gasteiger charge is 2.15. The molecule has 1 unspecified atom stereocenters. The van der Waals surface area contributed by atoms with E-state index in [0.29, 0.717) is 5.56 Å². The Labute approximate surface area is 114 Å². The molecule has 1 atom stereocenters. The molecule has 19 heavy (non-hydrogen) atoms. The van der Waals surface area contributed by atoms with Crippen molar-refractivity contribution < 1.29 is 4.39 Å². The Hall–Kier alpha value is -1.67. The Morgan fingerprint density at radius 3 is 2.53 bits per heavy atom. The molecule has 2 aromatic carbocycles. The Kier molecular flexibility index (Phi) is 4.33. The van der Waals surface area contributed by atoms with Gasteiger partial charge in [0.25, 0.3) is 0 Å². The number of rotatable bonds is 4. The molecule has 0 fully saturated rings. The van der Waals surface area contributed by atoms with E-state index in [9.17, 15) is 4.39 Å².